The van der Waals surface area contributed by atoms with E-state index in [9.17, 15) is 14.4 Å². The van der Waals surface area contributed by atoms with Gasteiger partial charge in [-0.25, -0.2) is 19.6 Å². The summed E-state index contributed by atoms with van der Waals surface area (Å²) in [6.45, 7) is 14.9. The number of aromatic amines is 2. The molecular weight excluding hydrogens is 745 g/mol. The normalized spacial score (nSPS) is 15.1. The lowest BCUT2D eigenvalue weighted by molar-refractivity contribution is -0.359. The molecule has 3 aliphatic rings. The molecule has 306 valence electrons. The molecule has 0 amide bonds. The van der Waals surface area contributed by atoms with E-state index in [1.54, 1.807) is 16.7 Å². The van der Waals surface area contributed by atoms with Crippen LogP contribution in [0.25, 0.3) is 44.3 Å². The maximum atomic E-state index is 13.1. The zero-order chi connectivity index (χ0) is 41.5. The van der Waals surface area contributed by atoms with Crippen molar-refractivity contribution in [2.75, 3.05) is 27.4 Å². The summed E-state index contributed by atoms with van der Waals surface area (Å²) in [7, 11) is 2.72. The van der Waals surface area contributed by atoms with Crippen molar-refractivity contribution in [1.29, 1.82) is 0 Å². The average Bonchev–Trinajstić information content (AvgIpc) is 3.93. The second-order valence-electron chi connectivity index (χ2n) is 16.0. The molecule has 15 heteroatoms. The van der Waals surface area contributed by atoms with Gasteiger partial charge < -0.3 is 33.0 Å². The SMILES string of the molecule is C1CCOC1.COC(=O)c1cc(-c2c(C)noc2C)cc2[nH]c(C3CC3)nc12.COC(=O)c1cc(-c2c(C)noc2C)cc2c1[nH+]c(C1CC1)n2C(=O)OC(C)(C)C. The van der Waals surface area contributed by atoms with Gasteiger partial charge in [0, 0.05) is 30.3 Å². The maximum absolute atomic E-state index is 13.1. The van der Waals surface area contributed by atoms with Crippen LogP contribution in [0.2, 0.25) is 0 Å². The Morgan fingerprint density at radius 1 is 0.793 bits per heavy atom. The Bertz CT molecular complexity index is 2460. The highest BCUT2D eigenvalue weighted by molar-refractivity contribution is 6.05. The minimum Gasteiger partial charge on any atom is -0.465 e. The highest BCUT2D eigenvalue weighted by Crippen LogP contribution is 2.42. The van der Waals surface area contributed by atoms with Gasteiger partial charge in [0.05, 0.1) is 42.6 Å². The van der Waals surface area contributed by atoms with Crippen molar-refractivity contribution in [3.05, 3.63) is 69.9 Å². The molecule has 9 rings (SSSR count). The molecule has 2 saturated carbocycles. The summed E-state index contributed by atoms with van der Waals surface area (Å²) in [5, 5.41) is 8.01. The first-order valence-corrected chi connectivity index (χ1v) is 19.7. The molecule has 5 heterocycles. The van der Waals surface area contributed by atoms with Gasteiger partial charge in [0.15, 0.2) is 11.0 Å². The summed E-state index contributed by atoms with van der Waals surface area (Å²) < 4.78 is 32.7. The number of aryl methyl sites for hydroxylation is 4. The van der Waals surface area contributed by atoms with Gasteiger partial charge in [-0.15, -0.1) is 4.57 Å². The number of nitrogens with zero attached hydrogens (tertiary/aromatic N) is 4. The number of methoxy groups -OCH3 is 2. The lowest BCUT2D eigenvalue weighted by atomic mass is 10.0. The number of ether oxygens (including phenoxy) is 4. The van der Waals surface area contributed by atoms with E-state index in [4.69, 9.17) is 28.0 Å². The molecule has 0 radical (unpaired) electrons. The van der Waals surface area contributed by atoms with Crippen molar-refractivity contribution in [3.8, 4) is 22.3 Å². The van der Waals surface area contributed by atoms with Crippen LogP contribution in [-0.4, -0.2) is 75.9 Å². The van der Waals surface area contributed by atoms with Crippen molar-refractivity contribution in [1.82, 2.24) is 24.8 Å². The number of esters is 2. The van der Waals surface area contributed by atoms with Crippen LogP contribution in [0.5, 0.6) is 0 Å². The topological polar surface area (TPSA) is 188 Å². The second-order valence-corrected chi connectivity index (χ2v) is 16.0. The number of carbonyl (C=O) groups excluding carboxylic acids is 3. The maximum Gasteiger partial charge on any atom is 0.512 e. The summed E-state index contributed by atoms with van der Waals surface area (Å²) in [6, 6.07) is 7.40. The van der Waals surface area contributed by atoms with Crippen molar-refractivity contribution in [2.24, 2.45) is 0 Å². The molecule has 15 nitrogen and oxygen atoms in total. The summed E-state index contributed by atoms with van der Waals surface area (Å²) in [6.07, 6.45) is 6.30. The molecule has 2 aromatic carbocycles. The van der Waals surface area contributed by atoms with Crippen LogP contribution >= 0.6 is 0 Å². The first-order chi connectivity index (χ1) is 27.7. The number of H-pyrrole nitrogens is 2. The van der Waals surface area contributed by atoms with Gasteiger partial charge in [-0.05, 0) is 122 Å². The third-order valence-corrected chi connectivity index (χ3v) is 10.2. The predicted octanol–water partition coefficient (Wildman–Crippen LogP) is 8.47. The highest BCUT2D eigenvalue weighted by atomic mass is 16.6. The van der Waals surface area contributed by atoms with E-state index in [0.29, 0.717) is 45.0 Å². The van der Waals surface area contributed by atoms with Crippen LogP contribution in [0.4, 0.5) is 4.79 Å². The molecule has 1 saturated heterocycles. The van der Waals surface area contributed by atoms with Crippen LogP contribution in [0.15, 0.2) is 33.3 Å². The molecular formula is C43H51N6O9+. The number of nitrogens with one attached hydrogen (secondary N) is 2. The molecule has 3 fully saturated rings. The molecule has 2 N–H and O–H groups in total. The summed E-state index contributed by atoms with van der Waals surface area (Å²) in [4.78, 5) is 49.2. The quantitative estimate of drug-likeness (QED) is 0.125. The smallest absolute Gasteiger partial charge is 0.465 e. The van der Waals surface area contributed by atoms with Crippen molar-refractivity contribution in [3.63, 3.8) is 0 Å². The van der Waals surface area contributed by atoms with E-state index in [0.717, 1.165) is 89.8 Å². The molecule has 2 aliphatic carbocycles. The fourth-order valence-corrected chi connectivity index (χ4v) is 7.21. The minimum absolute atomic E-state index is 0.220. The lowest BCUT2D eigenvalue weighted by Gasteiger charge is -2.17. The number of aromatic nitrogens is 6. The fourth-order valence-electron chi connectivity index (χ4n) is 7.21. The van der Waals surface area contributed by atoms with Gasteiger partial charge in [0.2, 0.25) is 0 Å². The summed E-state index contributed by atoms with van der Waals surface area (Å²) >= 11 is 0. The van der Waals surface area contributed by atoms with E-state index >= 15 is 0 Å². The van der Waals surface area contributed by atoms with Crippen LogP contribution in [0.1, 0.15) is 126 Å². The van der Waals surface area contributed by atoms with Gasteiger partial charge in [-0.1, -0.05) is 10.3 Å². The Kier molecular flexibility index (Phi) is 11.3. The van der Waals surface area contributed by atoms with Crippen molar-refractivity contribution < 1.29 is 47.4 Å². The number of imidazole rings is 2. The standard InChI is InChI=1S/C22H25N3O5.C17H17N3O3.C4H8O/c1-11-17(12(2)30-24-11)14-9-15(20(26)28-6)18-16(10-14)25(19(23-18)13-7-8-13)21(27)29-22(3,4)5;1-8-14(9(2)23-20-8)11-6-12(17(21)22-3)15-13(7-11)18-16(19-15)10-4-5-10;1-2-4-5-3-1/h9-10,13H,7-8H2,1-6H3;6-7,10H,4-5H2,1-3H3,(H,18,19);1-4H2/p+1. The fraction of sp³-hybridized carbons (Fsp3) is 0.465. The molecule has 0 spiro atoms. The van der Waals surface area contributed by atoms with Crippen LogP contribution in [0.3, 0.4) is 0 Å². The first kappa shape index (κ1) is 40.4. The third kappa shape index (κ3) is 8.40. The van der Waals surface area contributed by atoms with Crippen molar-refractivity contribution >= 4 is 40.1 Å². The predicted molar refractivity (Wildman–Crippen MR) is 213 cm³/mol. The average molecular weight is 796 g/mol. The Morgan fingerprint density at radius 2 is 1.34 bits per heavy atom. The van der Waals surface area contributed by atoms with Gasteiger partial charge in [0.1, 0.15) is 34.0 Å². The van der Waals surface area contributed by atoms with Crippen molar-refractivity contribution in [2.45, 2.75) is 104 Å². The molecule has 1 aliphatic heterocycles. The Balaban J connectivity index is 0.000000161. The monoisotopic (exact) mass is 795 g/mol. The van der Waals surface area contributed by atoms with Crippen LogP contribution in [-0.2, 0) is 18.9 Å². The Labute approximate surface area is 335 Å². The number of benzene rings is 2. The summed E-state index contributed by atoms with van der Waals surface area (Å²) in [5.74, 6) is 2.85. The number of hydrogen-bond acceptors (Lipinski definition) is 12. The second kappa shape index (κ2) is 16.2. The number of fused-ring (bicyclic) bond motifs is 2. The van der Waals surface area contributed by atoms with E-state index in [2.05, 4.69) is 25.3 Å². The molecule has 4 aromatic heterocycles. The van der Waals surface area contributed by atoms with Gasteiger partial charge in [0.25, 0.3) is 5.82 Å². The molecule has 0 bridgehead atoms. The molecule has 6 aromatic rings. The largest absolute Gasteiger partial charge is 0.512 e. The molecule has 58 heavy (non-hydrogen) atoms. The Morgan fingerprint density at radius 3 is 1.83 bits per heavy atom. The number of carbonyl (C=O) groups is 3. The molecule has 0 unspecified atom stereocenters. The van der Waals surface area contributed by atoms with Gasteiger partial charge in [-0.3, -0.25) is 0 Å². The van der Waals surface area contributed by atoms with E-state index in [1.165, 1.54) is 27.1 Å². The highest BCUT2D eigenvalue weighted by Gasteiger charge is 2.41. The van der Waals surface area contributed by atoms with Gasteiger partial charge >= 0.3 is 18.0 Å². The first-order valence-electron chi connectivity index (χ1n) is 19.7. The number of rotatable bonds is 6. The van der Waals surface area contributed by atoms with Gasteiger partial charge in [-0.2, -0.15) is 4.79 Å². The summed E-state index contributed by atoms with van der Waals surface area (Å²) in [5.41, 5.74) is 7.53. The zero-order valence-corrected chi connectivity index (χ0v) is 34.6. The van der Waals surface area contributed by atoms with Crippen LogP contribution in [0, 0.1) is 27.7 Å². The van der Waals surface area contributed by atoms with E-state index in [1.807, 2.05) is 60.6 Å². The Hall–Kier alpha value is -5.83. The minimum atomic E-state index is -0.654. The van der Waals surface area contributed by atoms with Crippen LogP contribution < -0.4 is 4.98 Å². The lowest BCUT2D eigenvalue weighted by Crippen LogP contribution is -2.29. The zero-order valence-electron chi connectivity index (χ0n) is 34.6. The third-order valence-electron chi connectivity index (χ3n) is 10.2. The van der Waals surface area contributed by atoms with E-state index < -0.39 is 23.6 Å². The number of hydrogen-bond donors (Lipinski definition) is 1. The molecule has 0 atom stereocenters. The van der Waals surface area contributed by atoms with E-state index in [-0.39, 0.29) is 5.92 Å².